The average molecular weight is 298 g/mol. The van der Waals surface area contributed by atoms with Crippen molar-refractivity contribution >= 4 is 17.8 Å². The molecule has 0 aliphatic rings. The number of aryl methyl sites for hydroxylation is 1. The molecule has 5 nitrogen and oxygen atoms in total. The Hall–Kier alpha value is -2.56. The first-order valence-electron chi connectivity index (χ1n) is 7.16. The van der Waals surface area contributed by atoms with Gasteiger partial charge in [0.05, 0.1) is 6.21 Å². The first kappa shape index (κ1) is 15.8. The molecule has 0 unspecified atom stereocenters. The molecule has 1 heterocycles. The molecule has 0 bridgehead atoms. The molecule has 1 aromatic heterocycles. The first-order chi connectivity index (χ1) is 10.4. The van der Waals surface area contributed by atoms with Crippen molar-refractivity contribution in [1.29, 1.82) is 0 Å². The van der Waals surface area contributed by atoms with Crippen LogP contribution < -0.4 is 10.3 Å². The zero-order chi connectivity index (χ0) is 16.3. The summed E-state index contributed by atoms with van der Waals surface area (Å²) in [5.74, 6) is -0.177. The Kier molecular flexibility index (Phi) is 4.65. The summed E-state index contributed by atoms with van der Waals surface area (Å²) in [6.45, 7) is 5.54. The summed E-state index contributed by atoms with van der Waals surface area (Å²) in [6, 6.07) is 10.5. The molecule has 0 fully saturated rings. The van der Waals surface area contributed by atoms with E-state index in [0.717, 1.165) is 22.6 Å². The van der Waals surface area contributed by atoms with Crippen LogP contribution in [0.4, 0.5) is 5.69 Å². The predicted molar refractivity (Wildman–Crippen MR) is 91.0 cm³/mol. The van der Waals surface area contributed by atoms with Crippen LogP contribution in [0.2, 0.25) is 0 Å². The van der Waals surface area contributed by atoms with Crippen LogP contribution in [0.3, 0.4) is 0 Å². The summed E-state index contributed by atoms with van der Waals surface area (Å²) < 4.78 is 2.18. The zero-order valence-electron chi connectivity index (χ0n) is 13.7. The highest BCUT2D eigenvalue weighted by Crippen LogP contribution is 2.22. The number of hydrogen-bond acceptors (Lipinski definition) is 3. The summed E-state index contributed by atoms with van der Waals surface area (Å²) in [5, 5.41) is 3.94. The maximum Gasteiger partial charge on any atom is 0.236 e. The quantitative estimate of drug-likeness (QED) is 0.697. The van der Waals surface area contributed by atoms with Gasteiger partial charge in [0.2, 0.25) is 5.91 Å². The van der Waals surface area contributed by atoms with Gasteiger partial charge in [-0.3, -0.25) is 4.79 Å². The number of anilines is 1. The number of carbonyl (C=O) groups is 1. The number of rotatable bonds is 4. The van der Waals surface area contributed by atoms with Crippen molar-refractivity contribution in [2.75, 3.05) is 19.0 Å². The third-order valence-corrected chi connectivity index (χ3v) is 3.52. The highest BCUT2D eigenvalue weighted by Gasteiger charge is 2.09. The van der Waals surface area contributed by atoms with Gasteiger partial charge < -0.3 is 9.47 Å². The molecule has 2 rings (SSSR count). The van der Waals surface area contributed by atoms with Gasteiger partial charge in [-0.2, -0.15) is 5.10 Å². The fourth-order valence-corrected chi connectivity index (χ4v) is 2.41. The Labute approximate surface area is 131 Å². The van der Waals surface area contributed by atoms with E-state index in [1.807, 2.05) is 21.0 Å². The smallest absolute Gasteiger partial charge is 0.236 e. The summed E-state index contributed by atoms with van der Waals surface area (Å²) in [5.41, 5.74) is 7.90. The first-order valence-corrected chi connectivity index (χ1v) is 7.16. The Morgan fingerprint density at radius 1 is 1.23 bits per heavy atom. The molecule has 0 saturated heterocycles. The van der Waals surface area contributed by atoms with E-state index in [1.165, 1.54) is 12.6 Å². The Morgan fingerprint density at radius 3 is 2.41 bits per heavy atom. The summed E-state index contributed by atoms with van der Waals surface area (Å²) >= 11 is 0. The lowest BCUT2D eigenvalue weighted by Crippen LogP contribution is -2.12. The van der Waals surface area contributed by atoms with E-state index in [1.54, 1.807) is 6.21 Å². The van der Waals surface area contributed by atoms with E-state index in [9.17, 15) is 4.79 Å². The number of aromatic nitrogens is 1. The minimum atomic E-state index is -0.177. The molecule has 0 atom stereocenters. The van der Waals surface area contributed by atoms with Crippen LogP contribution >= 0.6 is 0 Å². The highest BCUT2D eigenvalue weighted by molar-refractivity contribution is 5.83. The number of nitrogens with one attached hydrogen (secondary N) is 1. The van der Waals surface area contributed by atoms with Crippen LogP contribution in [-0.2, 0) is 4.79 Å². The van der Waals surface area contributed by atoms with Crippen molar-refractivity contribution in [2.45, 2.75) is 20.8 Å². The third kappa shape index (κ3) is 3.36. The summed E-state index contributed by atoms with van der Waals surface area (Å²) in [4.78, 5) is 12.9. The van der Waals surface area contributed by atoms with Crippen molar-refractivity contribution in [2.24, 2.45) is 5.10 Å². The van der Waals surface area contributed by atoms with Gasteiger partial charge in [-0.05, 0) is 44.2 Å². The predicted octanol–water partition coefficient (Wildman–Crippen LogP) is 2.63. The molecule has 0 radical (unpaired) electrons. The van der Waals surface area contributed by atoms with Gasteiger partial charge in [-0.25, -0.2) is 5.43 Å². The molecule has 0 spiro atoms. The maximum absolute atomic E-state index is 10.9. The largest absolute Gasteiger partial charge is 0.378 e. The van der Waals surface area contributed by atoms with Crippen LogP contribution in [0.1, 0.15) is 23.9 Å². The minimum absolute atomic E-state index is 0.177. The summed E-state index contributed by atoms with van der Waals surface area (Å²) in [6.07, 6.45) is 1.68. The molecule has 0 aliphatic carbocycles. The van der Waals surface area contributed by atoms with E-state index in [-0.39, 0.29) is 5.91 Å². The standard InChI is InChI=1S/C17H22N4O/c1-12-10-15(11-18-19-14(3)22)13(2)21(12)17-8-6-16(7-9-17)20(4)5/h6-11H,1-5H3,(H,19,22)/b18-11-. The fourth-order valence-electron chi connectivity index (χ4n) is 2.41. The second-order valence-corrected chi connectivity index (χ2v) is 5.50. The third-order valence-electron chi connectivity index (χ3n) is 3.52. The summed E-state index contributed by atoms with van der Waals surface area (Å²) in [7, 11) is 4.05. The Balaban J connectivity index is 2.33. The van der Waals surface area contributed by atoms with Crippen molar-refractivity contribution in [1.82, 2.24) is 9.99 Å². The van der Waals surface area contributed by atoms with Crippen molar-refractivity contribution in [3.63, 3.8) is 0 Å². The van der Waals surface area contributed by atoms with Crippen LogP contribution in [0, 0.1) is 13.8 Å². The van der Waals surface area contributed by atoms with Crippen LogP contribution in [0.5, 0.6) is 0 Å². The normalized spacial score (nSPS) is 11.0. The molecule has 0 saturated carbocycles. The molecular weight excluding hydrogens is 276 g/mol. The number of hydrogen-bond donors (Lipinski definition) is 1. The molecule has 22 heavy (non-hydrogen) atoms. The van der Waals surface area contributed by atoms with Crippen LogP contribution in [0.15, 0.2) is 35.4 Å². The van der Waals surface area contributed by atoms with Gasteiger partial charge in [0.25, 0.3) is 0 Å². The van der Waals surface area contributed by atoms with Crippen LogP contribution in [0.25, 0.3) is 5.69 Å². The van der Waals surface area contributed by atoms with Crippen molar-refractivity contribution in [3.05, 3.63) is 47.3 Å². The van der Waals surface area contributed by atoms with E-state index in [2.05, 4.69) is 57.2 Å². The number of hydrazone groups is 1. The molecule has 1 amide bonds. The van der Waals surface area contributed by atoms with Gasteiger partial charge >= 0.3 is 0 Å². The van der Waals surface area contributed by atoms with E-state index in [4.69, 9.17) is 0 Å². The molecular formula is C17H22N4O. The van der Waals surface area contributed by atoms with Crippen molar-refractivity contribution < 1.29 is 4.79 Å². The number of carbonyl (C=O) groups excluding carboxylic acids is 1. The lowest BCUT2D eigenvalue weighted by atomic mass is 10.2. The number of benzene rings is 1. The van der Waals surface area contributed by atoms with Crippen molar-refractivity contribution in [3.8, 4) is 5.69 Å². The number of nitrogens with zero attached hydrogens (tertiary/aromatic N) is 3. The van der Waals surface area contributed by atoms with Crippen LogP contribution in [-0.4, -0.2) is 30.8 Å². The molecule has 116 valence electrons. The lowest BCUT2D eigenvalue weighted by Gasteiger charge is -2.14. The fraction of sp³-hybridized carbons (Fsp3) is 0.294. The molecule has 5 heteroatoms. The van der Waals surface area contributed by atoms with Gasteiger partial charge in [0, 0.05) is 49.3 Å². The van der Waals surface area contributed by atoms with E-state index >= 15 is 0 Å². The van der Waals surface area contributed by atoms with E-state index in [0.29, 0.717) is 0 Å². The van der Waals surface area contributed by atoms with Gasteiger partial charge in [-0.15, -0.1) is 0 Å². The molecule has 2 aromatic rings. The average Bonchev–Trinajstić information content (AvgIpc) is 2.73. The topological polar surface area (TPSA) is 49.6 Å². The Morgan fingerprint density at radius 2 is 1.86 bits per heavy atom. The molecule has 0 aliphatic heterocycles. The highest BCUT2D eigenvalue weighted by atomic mass is 16.2. The van der Waals surface area contributed by atoms with E-state index < -0.39 is 0 Å². The van der Waals surface area contributed by atoms with Gasteiger partial charge in [0.1, 0.15) is 0 Å². The molecule has 1 aromatic carbocycles. The second-order valence-electron chi connectivity index (χ2n) is 5.50. The SMILES string of the molecule is CC(=O)N/N=C\c1cc(C)n(-c2ccc(N(C)C)cc2)c1C. The van der Waals surface area contributed by atoms with Gasteiger partial charge in [0.15, 0.2) is 0 Å². The zero-order valence-corrected chi connectivity index (χ0v) is 13.7. The molecule has 1 N–H and O–H groups in total. The minimum Gasteiger partial charge on any atom is -0.378 e. The maximum atomic E-state index is 10.9. The monoisotopic (exact) mass is 298 g/mol. The lowest BCUT2D eigenvalue weighted by molar-refractivity contribution is -0.118. The second kappa shape index (κ2) is 6.47. The number of amides is 1. The van der Waals surface area contributed by atoms with Gasteiger partial charge in [-0.1, -0.05) is 0 Å². The Bertz CT molecular complexity index is 696.